The van der Waals surface area contributed by atoms with Crippen molar-refractivity contribution in [1.82, 2.24) is 0 Å². The summed E-state index contributed by atoms with van der Waals surface area (Å²) >= 11 is 0. The lowest BCUT2D eigenvalue weighted by atomic mass is 9.79. The first-order valence-corrected chi connectivity index (χ1v) is 6.87. The van der Waals surface area contributed by atoms with Crippen LogP contribution in [0.25, 0.3) is 0 Å². The van der Waals surface area contributed by atoms with Crippen LogP contribution in [0.4, 0.5) is 0 Å². The predicted octanol–water partition coefficient (Wildman–Crippen LogP) is 2.32. The molecule has 2 N–H and O–H groups in total. The lowest BCUT2D eigenvalue weighted by Crippen LogP contribution is -2.31. The number of rotatable bonds is 1. The van der Waals surface area contributed by atoms with Crippen molar-refractivity contribution in [3.8, 4) is 0 Å². The summed E-state index contributed by atoms with van der Waals surface area (Å²) in [5.74, 6) is 0.308. The van der Waals surface area contributed by atoms with Gasteiger partial charge >= 0.3 is 0 Å². The Balaban J connectivity index is 2.94. The Kier molecular flexibility index (Phi) is 5.54. The van der Waals surface area contributed by atoms with Gasteiger partial charge in [0.25, 0.3) is 0 Å². The van der Waals surface area contributed by atoms with E-state index in [9.17, 15) is 15.0 Å². The molecule has 0 bridgehead atoms. The van der Waals surface area contributed by atoms with Gasteiger partial charge in [-0.1, -0.05) is 32.4 Å². The van der Waals surface area contributed by atoms with E-state index in [1.807, 2.05) is 27.7 Å². The average molecular weight is 254 g/mol. The van der Waals surface area contributed by atoms with E-state index in [2.05, 4.69) is 0 Å². The highest BCUT2D eigenvalue weighted by molar-refractivity contribution is 5.81. The Morgan fingerprint density at radius 2 is 1.89 bits per heavy atom. The second-order valence-corrected chi connectivity index (χ2v) is 6.07. The molecule has 0 aliphatic heterocycles. The molecular weight excluding hydrogens is 228 g/mol. The Morgan fingerprint density at radius 3 is 2.44 bits per heavy atom. The molecule has 0 saturated carbocycles. The zero-order valence-corrected chi connectivity index (χ0v) is 11.9. The standard InChI is InChI=1S/C15H26O3/c1-9(2)13-8-14(17)11(4)7-12(16)5-10(3)6-15(13)18/h5,9,11-13,15-16,18H,6-8H2,1-4H3/b10-5+/t11-,12+,13-,15-/m0/s1. The van der Waals surface area contributed by atoms with E-state index in [0.29, 0.717) is 19.3 Å². The van der Waals surface area contributed by atoms with Crippen molar-refractivity contribution in [1.29, 1.82) is 0 Å². The van der Waals surface area contributed by atoms with E-state index in [1.165, 1.54) is 0 Å². The van der Waals surface area contributed by atoms with Crippen molar-refractivity contribution >= 4 is 5.78 Å². The van der Waals surface area contributed by atoms with Gasteiger partial charge in [-0.3, -0.25) is 4.79 Å². The van der Waals surface area contributed by atoms with Gasteiger partial charge in [0.1, 0.15) is 5.78 Å². The molecule has 4 atom stereocenters. The first-order valence-electron chi connectivity index (χ1n) is 6.87. The molecule has 0 radical (unpaired) electrons. The van der Waals surface area contributed by atoms with Crippen molar-refractivity contribution < 1.29 is 15.0 Å². The Bertz CT molecular complexity index is 320. The maximum atomic E-state index is 12.1. The van der Waals surface area contributed by atoms with Gasteiger partial charge in [-0.25, -0.2) is 0 Å². The van der Waals surface area contributed by atoms with Crippen molar-refractivity contribution in [3.05, 3.63) is 11.6 Å². The summed E-state index contributed by atoms with van der Waals surface area (Å²) < 4.78 is 0. The Hall–Kier alpha value is -0.670. The maximum Gasteiger partial charge on any atom is 0.136 e. The third-order valence-electron chi connectivity index (χ3n) is 3.94. The molecule has 0 aromatic rings. The highest BCUT2D eigenvalue weighted by Gasteiger charge is 2.29. The summed E-state index contributed by atoms with van der Waals surface area (Å²) in [4.78, 5) is 12.1. The first kappa shape index (κ1) is 15.4. The average Bonchev–Trinajstić information content (AvgIpc) is 2.22. The number of Topliss-reactive ketones (excluding diaryl/α,β-unsaturated/α-hetero) is 1. The van der Waals surface area contributed by atoms with Crippen LogP contribution >= 0.6 is 0 Å². The first-order chi connectivity index (χ1) is 8.31. The molecule has 0 spiro atoms. The number of ketones is 1. The summed E-state index contributed by atoms with van der Waals surface area (Å²) in [6.45, 7) is 7.88. The number of hydrogen-bond donors (Lipinski definition) is 2. The summed E-state index contributed by atoms with van der Waals surface area (Å²) in [5.41, 5.74) is 1.00. The smallest absolute Gasteiger partial charge is 0.136 e. The van der Waals surface area contributed by atoms with Gasteiger partial charge < -0.3 is 10.2 Å². The number of aliphatic hydroxyl groups excluding tert-OH is 2. The van der Waals surface area contributed by atoms with E-state index in [1.54, 1.807) is 6.08 Å². The molecule has 1 aliphatic carbocycles. The molecule has 0 aromatic carbocycles. The SMILES string of the molecule is C/C1=C\[C@@H](O)C[C@H](C)C(=O)C[C@@H](C(C)C)[C@@H](O)C1. The van der Waals surface area contributed by atoms with Gasteiger partial charge in [-0.2, -0.15) is 0 Å². The van der Waals surface area contributed by atoms with E-state index < -0.39 is 12.2 Å². The van der Waals surface area contributed by atoms with Crippen LogP contribution in [0.5, 0.6) is 0 Å². The van der Waals surface area contributed by atoms with E-state index in [0.717, 1.165) is 5.57 Å². The molecule has 104 valence electrons. The van der Waals surface area contributed by atoms with Gasteiger partial charge in [-0.05, 0) is 31.6 Å². The molecule has 18 heavy (non-hydrogen) atoms. The van der Waals surface area contributed by atoms with Crippen LogP contribution in [0.15, 0.2) is 11.6 Å². The van der Waals surface area contributed by atoms with Crippen molar-refractivity contribution in [2.45, 2.75) is 59.2 Å². The third-order valence-corrected chi connectivity index (χ3v) is 3.94. The minimum atomic E-state index is -0.577. The summed E-state index contributed by atoms with van der Waals surface area (Å²) in [6, 6.07) is 0. The molecule has 0 unspecified atom stereocenters. The fraction of sp³-hybridized carbons (Fsp3) is 0.800. The monoisotopic (exact) mass is 254 g/mol. The maximum absolute atomic E-state index is 12.1. The fourth-order valence-electron chi connectivity index (χ4n) is 2.69. The molecule has 0 heterocycles. The summed E-state index contributed by atoms with van der Waals surface area (Å²) in [7, 11) is 0. The number of aliphatic hydroxyl groups is 2. The van der Waals surface area contributed by atoms with Gasteiger partial charge in [0.15, 0.2) is 0 Å². The van der Waals surface area contributed by atoms with Crippen LogP contribution in [0, 0.1) is 17.8 Å². The molecule has 0 saturated heterocycles. The highest BCUT2D eigenvalue weighted by Crippen LogP contribution is 2.28. The number of hydrogen-bond acceptors (Lipinski definition) is 3. The minimum Gasteiger partial charge on any atom is -0.392 e. The number of carbonyl (C=O) groups is 1. The lowest BCUT2D eigenvalue weighted by molar-refractivity contribution is -0.125. The van der Waals surface area contributed by atoms with Crippen molar-refractivity contribution in [2.24, 2.45) is 17.8 Å². The fourth-order valence-corrected chi connectivity index (χ4v) is 2.69. The third kappa shape index (κ3) is 4.21. The van der Waals surface area contributed by atoms with Crippen LogP contribution < -0.4 is 0 Å². The summed E-state index contributed by atoms with van der Waals surface area (Å²) in [6.07, 6.45) is 2.14. The Labute approximate surface area is 110 Å². The van der Waals surface area contributed by atoms with E-state index in [-0.39, 0.29) is 23.5 Å². The number of carbonyl (C=O) groups excluding carboxylic acids is 1. The molecule has 3 nitrogen and oxygen atoms in total. The van der Waals surface area contributed by atoms with Gasteiger partial charge in [0.2, 0.25) is 0 Å². The quantitative estimate of drug-likeness (QED) is 0.706. The molecule has 0 amide bonds. The highest BCUT2D eigenvalue weighted by atomic mass is 16.3. The molecular formula is C15H26O3. The van der Waals surface area contributed by atoms with Crippen molar-refractivity contribution in [3.63, 3.8) is 0 Å². The predicted molar refractivity (Wildman–Crippen MR) is 72.1 cm³/mol. The van der Waals surface area contributed by atoms with Crippen LogP contribution in [-0.4, -0.2) is 28.2 Å². The molecule has 1 rings (SSSR count). The van der Waals surface area contributed by atoms with Crippen LogP contribution in [-0.2, 0) is 4.79 Å². The van der Waals surface area contributed by atoms with Gasteiger partial charge in [0, 0.05) is 12.3 Å². The second kappa shape index (κ2) is 6.48. The summed E-state index contributed by atoms with van der Waals surface area (Å²) in [5, 5.41) is 20.1. The second-order valence-electron chi connectivity index (χ2n) is 6.07. The zero-order valence-electron chi connectivity index (χ0n) is 11.9. The minimum absolute atomic E-state index is 0.0125. The van der Waals surface area contributed by atoms with Crippen molar-refractivity contribution in [2.75, 3.05) is 0 Å². The zero-order chi connectivity index (χ0) is 13.9. The molecule has 1 aliphatic rings. The van der Waals surface area contributed by atoms with Gasteiger partial charge in [-0.15, -0.1) is 0 Å². The van der Waals surface area contributed by atoms with Crippen LogP contribution in [0.2, 0.25) is 0 Å². The molecule has 3 heteroatoms. The Morgan fingerprint density at radius 1 is 1.28 bits per heavy atom. The topological polar surface area (TPSA) is 57.5 Å². The van der Waals surface area contributed by atoms with E-state index in [4.69, 9.17) is 0 Å². The van der Waals surface area contributed by atoms with Gasteiger partial charge in [0.05, 0.1) is 12.2 Å². The van der Waals surface area contributed by atoms with Crippen LogP contribution in [0.1, 0.15) is 47.0 Å². The molecule has 0 aromatic heterocycles. The van der Waals surface area contributed by atoms with E-state index >= 15 is 0 Å². The lowest BCUT2D eigenvalue weighted by Gasteiger charge is -2.29. The normalized spacial score (nSPS) is 38.4. The molecule has 0 fully saturated rings. The largest absolute Gasteiger partial charge is 0.392 e. The van der Waals surface area contributed by atoms with Crippen LogP contribution in [0.3, 0.4) is 0 Å².